The van der Waals surface area contributed by atoms with Gasteiger partial charge in [0.05, 0.1) is 18.9 Å². The molecule has 6 nitrogen and oxygen atoms in total. The zero-order valence-corrected chi connectivity index (χ0v) is 14.1. The molecule has 2 atom stereocenters. The number of methoxy groups -OCH3 is 1. The summed E-state index contributed by atoms with van der Waals surface area (Å²) in [7, 11) is 1.61. The van der Waals surface area contributed by atoms with Gasteiger partial charge in [0, 0.05) is 25.5 Å². The highest BCUT2D eigenvalue weighted by Gasteiger charge is 2.47. The summed E-state index contributed by atoms with van der Waals surface area (Å²) in [5.74, 6) is 0.192. The third kappa shape index (κ3) is 4.56. The quantitative estimate of drug-likeness (QED) is 0.804. The van der Waals surface area contributed by atoms with Gasteiger partial charge in [0.25, 0.3) is 0 Å². The van der Waals surface area contributed by atoms with Crippen LogP contribution in [0.15, 0.2) is 48.8 Å². The van der Waals surface area contributed by atoms with E-state index in [4.69, 9.17) is 4.74 Å². The standard InChI is InChI=1S/C19H21N3O3/c1-25-15-4-2-13(3-5-15)11-21-18(23)16-10-17(16)19(24)22-12-14-6-8-20-9-7-14/h2-9,16-17H,10-12H2,1H3,(H,21,23)(H,22,24). The van der Waals surface area contributed by atoms with Gasteiger partial charge in [-0.3, -0.25) is 14.6 Å². The van der Waals surface area contributed by atoms with E-state index in [1.807, 2.05) is 36.4 Å². The largest absolute Gasteiger partial charge is 0.497 e. The minimum absolute atomic E-state index is 0.0681. The minimum atomic E-state index is -0.226. The molecule has 0 spiro atoms. The van der Waals surface area contributed by atoms with E-state index < -0.39 is 0 Å². The Kier molecular flexibility index (Phi) is 5.28. The third-order valence-electron chi connectivity index (χ3n) is 4.31. The van der Waals surface area contributed by atoms with E-state index in [0.717, 1.165) is 16.9 Å². The van der Waals surface area contributed by atoms with Gasteiger partial charge in [-0.2, -0.15) is 0 Å². The molecule has 1 aliphatic carbocycles. The fourth-order valence-corrected chi connectivity index (χ4v) is 2.66. The highest BCUT2D eigenvalue weighted by molar-refractivity contribution is 5.92. The Bertz CT molecular complexity index is 731. The van der Waals surface area contributed by atoms with E-state index in [9.17, 15) is 9.59 Å². The van der Waals surface area contributed by atoms with Gasteiger partial charge in [0.1, 0.15) is 5.75 Å². The molecular weight excluding hydrogens is 318 g/mol. The first-order chi connectivity index (χ1) is 12.2. The lowest BCUT2D eigenvalue weighted by Gasteiger charge is -2.07. The highest BCUT2D eigenvalue weighted by atomic mass is 16.5. The minimum Gasteiger partial charge on any atom is -0.497 e. The number of aromatic nitrogens is 1. The van der Waals surface area contributed by atoms with E-state index >= 15 is 0 Å². The van der Waals surface area contributed by atoms with Crippen LogP contribution >= 0.6 is 0 Å². The Morgan fingerprint density at radius 3 is 2.00 bits per heavy atom. The van der Waals surface area contributed by atoms with Crippen molar-refractivity contribution in [3.05, 3.63) is 59.9 Å². The number of nitrogens with zero attached hydrogens (tertiary/aromatic N) is 1. The summed E-state index contributed by atoms with van der Waals surface area (Å²) in [6.45, 7) is 0.905. The van der Waals surface area contributed by atoms with Crippen molar-refractivity contribution in [1.29, 1.82) is 0 Å². The molecule has 3 rings (SSSR count). The van der Waals surface area contributed by atoms with Gasteiger partial charge in [-0.05, 0) is 41.8 Å². The van der Waals surface area contributed by atoms with E-state index in [2.05, 4.69) is 15.6 Å². The predicted molar refractivity (Wildman–Crippen MR) is 92.5 cm³/mol. The maximum absolute atomic E-state index is 12.2. The number of pyridine rings is 1. The van der Waals surface area contributed by atoms with Crippen LogP contribution in [0.5, 0.6) is 5.75 Å². The van der Waals surface area contributed by atoms with Crippen molar-refractivity contribution >= 4 is 11.8 Å². The summed E-state index contributed by atoms with van der Waals surface area (Å²) in [6, 6.07) is 11.2. The average Bonchev–Trinajstić information content (AvgIpc) is 3.46. The summed E-state index contributed by atoms with van der Waals surface area (Å²) >= 11 is 0. The zero-order chi connectivity index (χ0) is 17.6. The first-order valence-corrected chi connectivity index (χ1v) is 8.24. The molecule has 25 heavy (non-hydrogen) atoms. The summed E-state index contributed by atoms with van der Waals surface area (Å²) in [5.41, 5.74) is 1.98. The number of hydrogen-bond acceptors (Lipinski definition) is 4. The van der Waals surface area contributed by atoms with Crippen LogP contribution < -0.4 is 15.4 Å². The van der Waals surface area contributed by atoms with Gasteiger partial charge in [0.15, 0.2) is 0 Å². The van der Waals surface area contributed by atoms with Crippen LogP contribution in [0.3, 0.4) is 0 Å². The lowest BCUT2D eigenvalue weighted by molar-refractivity contribution is -0.127. The molecule has 1 saturated carbocycles. The number of rotatable bonds is 7. The fraction of sp³-hybridized carbons (Fsp3) is 0.316. The van der Waals surface area contributed by atoms with Gasteiger partial charge in [-0.15, -0.1) is 0 Å². The second-order valence-electron chi connectivity index (χ2n) is 6.09. The monoisotopic (exact) mass is 339 g/mol. The van der Waals surface area contributed by atoms with Crippen molar-refractivity contribution in [3.8, 4) is 5.75 Å². The number of hydrogen-bond donors (Lipinski definition) is 2. The smallest absolute Gasteiger partial charge is 0.224 e. The van der Waals surface area contributed by atoms with Gasteiger partial charge in [-0.25, -0.2) is 0 Å². The molecule has 0 saturated heterocycles. The second kappa shape index (κ2) is 7.79. The molecule has 0 bridgehead atoms. The molecule has 1 aromatic carbocycles. The highest BCUT2D eigenvalue weighted by Crippen LogP contribution is 2.38. The van der Waals surface area contributed by atoms with Crippen molar-refractivity contribution in [2.24, 2.45) is 11.8 Å². The van der Waals surface area contributed by atoms with Crippen LogP contribution in [-0.4, -0.2) is 23.9 Å². The molecule has 1 aromatic heterocycles. The van der Waals surface area contributed by atoms with Crippen LogP contribution in [0, 0.1) is 11.8 Å². The Balaban J connectivity index is 1.41. The SMILES string of the molecule is COc1ccc(CNC(=O)C2CC2C(=O)NCc2ccncc2)cc1. The van der Waals surface area contributed by atoms with Crippen molar-refractivity contribution in [3.63, 3.8) is 0 Å². The van der Waals surface area contributed by atoms with Gasteiger partial charge in [0.2, 0.25) is 11.8 Å². The molecule has 2 unspecified atom stereocenters. The number of nitrogens with one attached hydrogen (secondary N) is 2. The molecule has 2 N–H and O–H groups in total. The molecule has 1 aliphatic rings. The number of ether oxygens (including phenoxy) is 1. The van der Waals surface area contributed by atoms with Gasteiger partial charge in [-0.1, -0.05) is 12.1 Å². The van der Waals surface area contributed by atoms with Crippen LogP contribution in [0.1, 0.15) is 17.5 Å². The number of carbonyl (C=O) groups is 2. The van der Waals surface area contributed by atoms with Crippen LogP contribution in [0.25, 0.3) is 0 Å². The van der Waals surface area contributed by atoms with Crippen molar-refractivity contribution in [2.45, 2.75) is 19.5 Å². The zero-order valence-electron chi connectivity index (χ0n) is 14.1. The van der Waals surface area contributed by atoms with Gasteiger partial charge >= 0.3 is 0 Å². The summed E-state index contributed by atoms with van der Waals surface area (Å²) in [6.07, 6.45) is 3.98. The van der Waals surface area contributed by atoms with E-state index in [-0.39, 0.29) is 23.7 Å². The molecule has 0 aliphatic heterocycles. The second-order valence-corrected chi connectivity index (χ2v) is 6.09. The first-order valence-electron chi connectivity index (χ1n) is 8.24. The molecule has 2 amide bonds. The summed E-state index contributed by atoms with van der Waals surface area (Å²) in [5, 5.41) is 5.76. The molecule has 1 heterocycles. The lowest BCUT2D eigenvalue weighted by atomic mass is 10.2. The van der Waals surface area contributed by atoms with Crippen LogP contribution in [0.2, 0.25) is 0 Å². The Labute approximate surface area is 146 Å². The number of carbonyl (C=O) groups excluding carboxylic acids is 2. The molecule has 0 radical (unpaired) electrons. The Morgan fingerprint density at radius 1 is 0.960 bits per heavy atom. The van der Waals surface area contributed by atoms with E-state index in [0.29, 0.717) is 19.5 Å². The lowest BCUT2D eigenvalue weighted by Crippen LogP contribution is -2.29. The summed E-state index contributed by atoms with van der Waals surface area (Å²) < 4.78 is 5.10. The van der Waals surface area contributed by atoms with Crippen molar-refractivity contribution in [1.82, 2.24) is 15.6 Å². The molecule has 2 aromatic rings. The van der Waals surface area contributed by atoms with Crippen molar-refractivity contribution < 1.29 is 14.3 Å². The fourth-order valence-electron chi connectivity index (χ4n) is 2.66. The third-order valence-corrected chi connectivity index (χ3v) is 4.31. The number of benzene rings is 1. The Hall–Kier alpha value is -2.89. The van der Waals surface area contributed by atoms with Crippen LogP contribution in [-0.2, 0) is 22.7 Å². The van der Waals surface area contributed by atoms with E-state index in [1.165, 1.54) is 0 Å². The van der Waals surface area contributed by atoms with E-state index in [1.54, 1.807) is 19.5 Å². The molecular formula is C19H21N3O3. The topological polar surface area (TPSA) is 80.3 Å². The molecule has 130 valence electrons. The normalized spacial score (nSPS) is 18.3. The Morgan fingerprint density at radius 2 is 1.48 bits per heavy atom. The maximum atomic E-state index is 12.2. The summed E-state index contributed by atoms with van der Waals surface area (Å²) in [4.78, 5) is 28.2. The first kappa shape index (κ1) is 17.0. The maximum Gasteiger partial charge on any atom is 0.224 e. The van der Waals surface area contributed by atoms with Gasteiger partial charge < -0.3 is 15.4 Å². The number of amides is 2. The molecule has 6 heteroatoms. The average molecular weight is 339 g/mol. The van der Waals surface area contributed by atoms with Crippen molar-refractivity contribution in [2.75, 3.05) is 7.11 Å². The van der Waals surface area contributed by atoms with Crippen LogP contribution in [0.4, 0.5) is 0 Å². The molecule has 1 fully saturated rings. The predicted octanol–water partition coefficient (Wildman–Crippen LogP) is 1.66.